The van der Waals surface area contributed by atoms with Gasteiger partial charge in [-0.2, -0.15) is 5.26 Å². The summed E-state index contributed by atoms with van der Waals surface area (Å²) in [5.74, 6) is -0.606. The van der Waals surface area contributed by atoms with Crippen molar-refractivity contribution >= 4 is 16.9 Å². The van der Waals surface area contributed by atoms with E-state index in [1.165, 1.54) is 6.07 Å². The first-order chi connectivity index (χ1) is 8.22. The van der Waals surface area contributed by atoms with Crippen molar-refractivity contribution in [3.63, 3.8) is 0 Å². The second-order valence-corrected chi connectivity index (χ2v) is 3.33. The number of nitriles is 1. The van der Waals surface area contributed by atoms with Gasteiger partial charge in [0.05, 0.1) is 6.07 Å². The first kappa shape index (κ1) is 10.9. The number of hydrogen-bond donors (Lipinski definition) is 1. The zero-order valence-corrected chi connectivity index (χ0v) is 8.77. The van der Waals surface area contributed by atoms with Gasteiger partial charge in [0.15, 0.2) is 0 Å². The number of nitrogens with one attached hydrogen (secondary N) is 1. The third kappa shape index (κ3) is 2.16. The van der Waals surface area contributed by atoms with Crippen LogP contribution in [-0.4, -0.2) is 12.5 Å². The van der Waals surface area contributed by atoms with Gasteiger partial charge in [-0.15, -0.1) is 0 Å². The maximum Gasteiger partial charge on any atom is 0.349 e. The average Bonchev–Trinajstić information content (AvgIpc) is 2.35. The van der Waals surface area contributed by atoms with Crippen molar-refractivity contribution < 1.29 is 9.21 Å². The number of rotatable bonds is 2. The third-order valence-electron chi connectivity index (χ3n) is 2.21. The van der Waals surface area contributed by atoms with Crippen LogP contribution in [0.15, 0.2) is 39.5 Å². The van der Waals surface area contributed by atoms with E-state index in [-0.39, 0.29) is 12.1 Å². The van der Waals surface area contributed by atoms with E-state index < -0.39 is 11.5 Å². The molecule has 0 aliphatic rings. The summed E-state index contributed by atoms with van der Waals surface area (Å²) < 4.78 is 4.99. The molecule has 1 aromatic carbocycles. The van der Waals surface area contributed by atoms with E-state index >= 15 is 0 Å². The van der Waals surface area contributed by atoms with Crippen LogP contribution in [0.2, 0.25) is 0 Å². The van der Waals surface area contributed by atoms with Crippen molar-refractivity contribution in [3.8, 4) is 6.07 Å². The van der Waals surface area contributed by atoms with Crippen LogP contribution in [0.5, 0.6) is 0 Å². The molecule has 1 heterocycles. The van der Waals surface area contributed by atoms with Gasteiger partial charge in [0, 0.05) is 5.39 Å². The summed E-state index contributed by atoms with van der Waals surface area (Å²) in [5.41, 5.74) is -0.382. The molecule has 0 spiro atoms. The molecule has 1 aromatic heterocycles. The first-order valence-corrected chi connectivity index (χ1v) is 4.90. The minimum absolute atomic E-state index is 0.0982. The molecule has 5 heteroatoms. The fourth-order valence-corrected chi connectivity index (χ4v) is 1.44. The van der Waals surface area contributed by atoms with Crippen molar-refractivity contribution in [1.29, 1.82) is 5.26 Å². The van der Waals surface area contributed by atoms with Gasteiger partial charge < -0.3 is 9.73 Å². The van der Waals surface area contributed by atoms with Crippen LogP contribution < -0.4 is 10.9 Å². The molecule has 2 rings (SSSR count). The van der Waals surface area contributed by atoms with E-state index in [4.69, 9.17) is 9.68 Å². The maximum atomic E-state index is 11.5. The Hall–Kier alpha value is -2.61. The van der Waals surface area contributed by atoms with Crippen LogP contribution >= 0.6 is 0 Å². The second kappa shape index (κ2) is 4.49. The molecule has 2 aromatic rings. The molecule has 0 saturated carbocycles. The number of hydrogen-bond acceptors (Lipinski definition) is 4. The summed E-state index contributed by atoms with van der Waals surface area (Å²) in [6.45, 7) is -0.148. The number of carbonyl (C=O) groups is 1. The molecule has 0 unspecified atom stereocenters. The molecule has 5 nitrogen and oxygen atoms in total. The highest BCUT2D eigenvalue weighted by Gasteiger charge is 2.12. The van der Waals surface area contributed by atoms with Gasteiger partial charge >= 0.3 is 5.63 Å². The molecule has 0 fully saturated rings. The van der Waals surface area contributed by atoms with E-state index in [0.29, 0.717) is 11.0 Å². The monoisotopic (exact) mass is 228 g/mol. The summed E-state index contributed by atoms with van der Waals surface area (Å²) in [6, 6.07) is 10.1. The standard InChI is InChI=1S/C12H8N2O3/c13-5-6-14-11(15)9-7-8-3-1-2-4-10(8)17-12(9)16/h1-4,7H,6H2,(H,14,15). The molecule has 1 N–H and O–H groups in total. The van der Waals surface area contributed by atoms with Gasteiger partial charge in [0.1, 0.15) is 17.7 Å². The molecule has 0 aliphatic heterocycles. The quantitative estimate of drug-likeness (QED) is 0.615. The number of fused-ring (bicyclic) bond motifs is 1. The molecular formula is C12H8N2O3. The van der Waals surface area contributed by atoms with Crippen molar-refractivity contribution in [2.75, 3.05) is 6.54 Å². The lowest BCUT2D eigenvalue weighted by Gasteiger charge is -2.01. The van der Waals surface area contributed by atoms with Crippen molar-refractivity contribution in [2.45, 2.75) is 0 Å². The molecule has 1 amide bonds. The van der Waals surface area contributed by atoms with Gasteiger partial charge in [-0.25, -0.2) is 4.79 Å². The second-order valence-electron chi connectivity index (χ2n) is 3.33. The highest BCUT2D eigenvalue weighted by Crippen LogP contribution is 2.12. The van der Waals surface area contributed by atoms with Gasteiger partial charge in [-0.1, -0.05) is 18.2 Å². The summed E-state index contributed by atoms with van der Waals surface area (Å²) in [7, 11) is 0. The van der Waals surface area contributed by atoms with Crippen LogP contribution in [0, 0.1) is 11.3 Å². The predicted octanol–water partition coefficient (Wildman–Crippen LogP) is 1.05. The topological polar surface area (TPSA) is 83.1 Å². The van der Waals surface area contributed by atoms with Crippen molar-refractivity contribution in [1.82, 2.24) is 5.32 Å². The minimum Gasteiger partial charge on any atom is -0.422 e. The molecule has 0 radical (unpaired) electrons. The molecule has 17 heavy (non-hydrogen) atoms. The smallest absolute Gasteiger partial charge is 0.349 e. The molecule has 84 valence electrons. The first-order valence-electron chi connectivity index (χ1n) is 4.90. The number of amides is 1. The highest BCUT2D eigenvalue weighted by molar-refractivity contribution is 5.96. The van der Waals surface area contributed by atoms with E-state index in [9.17, 15) is 9.59 Å². The zero-order chi connectivity index (χ0) is 12.3. The Morgan fingerprint density at radius 2 is 2.18 bits per heavy atom. The van der Waals surface area contributed by atoms with E-state index in [1.807, 2.05) is 0 Å². The van der Waals surface area contributed by atoms with Crippen molar-refractivity contribution in [3.05, 3.63) is 46.3 Å². The van der Waals surface area contributed by atoms with Crippen molar-refractivity contribution in [2.24, 2.45) is 0 Å². The van der Waals surface area contributed by atoms with Gasteiger partial charge in [-0.3, -0.25) is 4.79 Å². The lowest BCUT2D eigenvalue weighted by atomic mass is 10.2. The number of para-hydroxylation sites is 1. The summed E-state index contributed by atoms with van der Waals surface area (Å²) in [4.78, 5) is 23.1. The number of benzene rings is 1. The van der Waals surface area contributed by atoms with Crippen LogP contribution in [0.25, 0.3) is 11.0 Å². The Kier molecular flexibility index (Phi) is 2.88. The fraction of sp³-hybridized carbons (Fsp3) is 0.0833. The Labute approximate surface area is 96.3 Å². The lowest BCUT2D eigenvalue weighted by molar-refractivity contribution is 0.0955. The van der Waals surface area contributed by atoms with Crippen LogP contribution in [0.4, 0.5) is 0 Å². The van der Waals surface area contributed by atoms with E-state index in [1.54, 1.807) is 30.3 Å². The Morgan fingerprint density at radius 1 is 1.41 bits per heavy atom. The number of carbonyl (C=O) groups excluding carboxylic acids is 1. The van der Waals surface area contributed by atoms with Crippen LogP contribution in [0.3, 0.4) is 0 Å². The van der Waals surface area contributed by atoms with E-state index in [0.717, 1.165) is 0 Å². The Bertz CT molecular complexity index is 667. The Morgan fingerprint density at radius 3 is 2.94 bits per heavy atom. The summed E-state index contributed by atoms with van der Waals surface area (Å²) >= 11 is 0. The Balaban J connectivity index is 2.48. The van der Waals surface area contributed by atoms with Crippen LogP contribution in [0.1, 0.15) is 10.4 Å². The minimum atomic E-state index is -0.709. The predicted molar refractivity (Wildman–Crippen MR) is 60.4 cm³/mol. The normalized spacial score (nSPS) is 9.82. The highest BCUT2D eigenvalue weighted by atomic mass is 16.4. The van der Waals surface area contributed by atoms with Crippen LogP contribution in [-0.2, 0) is 0 Å². The zero-order valence-electron chi connectivity index (χ0n) is 8.77. The largest absolute Gasteiger partial charge is 0.422 e. The van der Waals surface area contributed by atoms with E-state index in [2.05, 4.69) is 5.32 Å². The molecule has 0 aliphatic carbocycles. The van der Waals surface area contributed by atoms with Gasteiger partial charge in [0.25, 0.3) is 5.91 Å². The SMILES string of the molecule is N#CCNC(=O)c1cc2ccccc2oc1=O. The maximum absolute atomic E-state index is 11.5. The fourth-order valence-electron chi connectivity index (χ4n) is 1.44. The van der Waals surface area contributed by atoms with Gasteiger partial charge in [0.2, 0.25) is 0 Å². The van der Waals surface area contributed by atoms with Gasteiger partial charge in [-0.05, 0) is 12.1 Å². The molecule has 0 bridgehead atoms. The number of nitrogens with zero attached hydrogens (tertiary/aromatic N) is 1. The molecular weight excluding hydrogens is 220 g/mol. The molecule has 0 saturated heterocycles. The average molecular weight is 228 g/mol. The summed E-state index contributed by atoms with van der Waals surface area (Å²) in [5, 5.41) is 11.3. The lowest BCUT2D eigenvalue weighted by Crippen LogP contribution is -2.28. The summed E-state index contributed by atoms with van der Waals surface area (Å²) in [6.07, 6.45) is 0. The molecule has 0 atom stereocenters. The third-order valence-corrected chi connectivity index (χ3v) is 2.21.